The van der Waals surface area contributed by atoms with E-state index in [9.17, 15) is 0 Å². The smallest absolute Gasteiger partial charge is 0.0246 e. The molecule has 0 heteroatoms. The monoisotopic (exact) mass is 194 g/mol. The third-order valence-electron chi connectivity index (χ3n) is 2.78. The van der Waals surface area contributed by atoms with Gasteiger partial charge in [0.05, 0.1) is 0 Å². The largest absolute Gasteiger partial charge is 0.133 e. The predicted octanol–water partition coefficient (Wildman–Crippen LogP) is 5.10. The van der Waals surface area contributed by atoms with E-state index in [2.05, 4.69) is 32.2 Å². The second-order valence-electron chi connectivity index (χ2n) is 4.15. The van der Waals surface area contributed by atoms with Gasteiger partial charge in [-0.25, -0.2) is 0 Å². The highest BCUT2D eigenvalue weighted by molar-refractivity contribution is 4.79. The fourth-order valence-corrected chi connectivity index (χ4v) is 1.81. The van der Waals surface area contributed by atoms with Gasteiger partial charge in [0, 0.05) is 0 Å². The van der Waals surface area contributed by atoms with Gasteiger partial charge in [-0.05, 0) is 18.4 Å². The minimum Gasteiger partial charge on any atom is -0.133 e. The van der Waals surface area contributed by atoms with Crippen molar-refractivity contribution in [3.63, 3.8) is 0 Å². The van der Waals surface area contributed by atoms with E-state index in [1.165, 1.54) is 51.4 Å². The summed E-state index contributed by atoms with van der Waals surface area (Å²) in [5, 5.41) is 0. The molecule has 0 rings (SSSR count). The lowest BCUT2D eigenvalue weighted by molar-refractivity contribution is 0.419. The fraction of sp³-hybridized carbons (Fsp3) is 0.786. The van der Waals surface area contributed by atoms with E-state index >= 15 is 0 Å². The van der Waals surface area contributed by atoms with Crippen LogP contribution in [0.4, 0.5) is 0 Å². The Kier molecular flexibility index (Phi) is 10.2. The number of hydrogen-bond donors (Lipinski definition) is 0. The Morgan fingerprint density at radius 1 is 1.07 bits per heavy atom. The lowest BCUT2D eigenvalue weighted by Gasteiger charge is -2.13. The average molecular weight is 194 g/mol. The Morgan fingerprint density at radius 2 is 1.71 bits per heavy atom. The van der Waals surface area contributed by atoms with Gasteiger partial charge in [-0.15, -0.1) is 5.73 Å². The summed E-state index contributed by atoms with van der Waals surface area (Å²) >= 11 is 0. The SMILES string of the molecule is C=C=CCC(CCCC)CCCCC. The minimum absolute atomic E-state index is 0.885. The Hall–Kier alpha value is -0.480. The number of rotatable bonds is 9. The van der Waals surface area contributed by atoms with Crippen LogP contribution in [0.2, 0.25) is 0 Å². The van der Waals surface area contributed by atoms with E-state index in [1.54, 1.807) is 0 Å². The molecule has 0 N–H and O–H groups in total. The Bertz CT molecular complexity index is 151. The molecule has 0 bridgehead atoms. The van der Waals surface area contributed by atoms with Crippen LogP contribution in [-0.2, 0) is 0 Å². The zero-order valence-corrected chi connectivity index (χ0v) is 10.0. The molecule has 0 heterocycles. The van der Waals surface area contributed by atoms with Crippen LogP contribution in [0.1, 0.15) is 65.2 Å². The second kappa shape index (κ2) is 10.6. The van der Waals surface area contributed by atoms with Crippen LogP contribution >= 0.6 is 0 Å². The van der Waals surface area contributed by atoms with Crippen LogP contribution in [0, 0.1) is 5.92 Å². The van der Waals surface area contributed by atoms with Crippen molar-refractivity contribution in [2.45, 2.75) is 65.2 Å². The van der Waals surface area contributed by atoms with Gasteiger partial charge in [0.15, 0.2) is 0 Å². The van der Waals surface area contributed by atoms with Gasteiger partial charge in [-0.1, -0.05) is 65.4 Å². The quantitative estimate of drug-likeness (QED) is 0.353. The van der Waals surface area contributed by atoms with E-state index in [0.717, 1.165) is 5.92 Å². The van der Waals surface area contributed by atoms with Gasteiger partial charge in [0.25, 0.3) is 0 Å². The second-order valence-corrected chi connectivity index (χ2v) is 4.15. The minimum atomic E-state index is 0.885. The lowest BCUT2D eigenvalue weighted by atomic mass is 9.92. The molecule has 14 heavy (non-hydrogen) atoms. The summed E-state index contributed by atoms with van der Waals surface area (Å²) in [5.74, 6) is 0.885. The van der Waals surface area contributed by atoms with Crippen molar-refractivity contribution in [2.75, 3.05) is 0 Å². The van der Waals surface area contributed by atoms with Crippen molar-refractivity contribution in [1.29, 1.82) is 0 Å². The molecule has 0 aromatic carbocycles. The molecule has 0 aliphatic heterocycles. The molecule has 0 saturated heterocycles. The molecule has 0 aliphatic rings. The Morgan fingerprint density at radius 3 is 2.29 bits per heavy atom. The van der Waals surface area contributed by atoms with Crippen molar-refractivity contribution < 1.29 is 0 Å². The van der Waals surface area contributed by atoms with Crippen molar-refractivity contribution in [3.8, 4) is 0 Å². The average Bonchev–Trinajstić information content (AvgIpc) is 2.21. The van der Waals surface area contributed by atoms with Gasteiger partial charge < -0.3 is 0 Å². The first-order valence-corrected chi connectivity index (χ1v) is 6.19. The molecule has 82 valence electrons. The fourth-order valence-electron chi connectivity index (χ4n) is 1.81. The lowest BCUT2D eigenvalue weighted by Crippen LogP contribution is -1.99. The molecule has 0 radical (unpaired) electrons. The standard InChI is InChI=1S/C14H26/c1-4-7-10-13-14(11-8-5-2)12-9-6-3/h8,14H,2,4,6-7,9-13H2,1,3H3. The highest BCUT2D eigenvalue weighted by Crippen LogP contribution is 2.20. The molecule has 0 aliphatic carbocycles. The maximum absolute atomic E-state index is 3.63. The van der Waals surface area contributed by atoms with Crippen LogP contribution in [-0.4, -0.2) is 0 Å². The molecular weight excluding hydrogens is 168 g/mol. The highest BCUT2D eigenvalue weighted by Gasteiger charge is 2.05. The van der Waals surface area contributed by atoms with Crippen LogP contribution in [0.5, 0.6) is 0 Å². The molecule has 0 fully saturated rings. The van der Waals surface area contributed by atoms with E-state index in [1.807, 2.05) is 0 Å². The van der Waals surface area contributed by atoms with Gasteiger partial charge in [-0.3, -0.25) is 0 Å². The summed E-state index contributed by atoms with van der Waals surface area (Å²) in [6, 6.07) is 0. The number of allylic oxidation sites excluding steroid dienone is 1. The molecule has 0 nitrogen and oxygen atoms in total. The van der Waals surface area contributed by atoms with Gasteiger partial charge in [0.2, 0.25) is 0 Å². The van der Waals surface area contributed by atoms with Crippen molar-refractivity contribution >= 4 is 0 Å². The molecule has 0 aromatic heterocycles. The van der Waals surface area contributed by atoms with E-state index < -0.39 is 0 Å². The summed E-state index contributed by atoms with van der Waals surface area (Å²) in [5.41, 5.74) is 2.89. The summed E-state index contributed by atoms with van der Waals surface area (Å²) < 4.78 is 0. The van der Waals surface area contributed by atoms with Crippen molar-refractivity contribution in [2.24, 2.45) is 5.92 Å². The van der Waals surface area contributed by atoms with Crippen LogP contribution in [0.3, 0.4) is 0 Å². The molecular formula is C14H26. The first-order valence-electron chi connectivity index (χ1n) is 6.19. The molecule has 0 spiro atoms. The molecule has 0 amide bonds. The normalized spacial score (nSPS) is 12.1. The summed E-state index contributed by atoms with van der Waals surface area (Å²) in [6.07, 6.45) is 12.9. The van der Waals surface area contributed by atoms with Gasteiger partial charge in [0.1, 0.15) is 0 Å². The number of unbranched alkanes of at least 4 members (excludes halogenated alkanes) is 3. The van der Waals surface area contributed by atoms with Crippen molar-refractivity contribution in [3.05, 3.63) is 18.4 Å². The molecule has 1 atom stereocenters. The summed E-state index contributed by atoms with van der Waals surface area (Å²) in [7, 11) is 0. The molecule has 0 aromatic rings. The number of hydrogen-bond acceptors (Lipinski definition) is 0. The van der Waals surface area contributed by atoms with Gasteiger partial charge >= 0.3 is 0 Å². The third kappa shape index (κ3) is 8.13. The van der Waals surface area contributed by atoms with E-state index in [0.29, 0.717) is 0 Å². The van der Waals surface area contributed by atoms with Crippen molar-refractivity contribution in [1.82, 2.24) is 0 Å². The third-order valence-corrected chi connectivity index (χ3v) is 2.78. The van der Waals surface area contributed by atoms with Crippen LogP contribution in [0.25, 0.3) is 0 Å². The van der Waals surface area contributed by atoms with Crippen LogP contribution < -0.4 is 0 Å². The Labute approximate surface area is 90.1 Å². The topological polar surface area (TPSA) is 0 Å². The first-order chi connectivity index (χ1) is 6.85. The van der Waals surface area contributed by atoms with E-state index in [4.69, 9.17) is 0 Å². The summed E-state index contributed by atoms with van der Waals surface area (Å²) in [6.45, 7) is 8.17. The molecule has 1 unspecified atom stereocenters. The highest BCUT2D eigenvalue weighted by atomic mass is 14.1. The maximum Gasteiger partial charge on any atom is -0.0246 e. The predicted molar refractivity (Wildman–Crippen MR) is 65.5 cm³/mol. The first kappa shape index (κ1) is 13.5. The molecule has 0 saturated carbocycles. The Balaban J connectivity index is 3.65. The maximum atomic E-state index is 3.63. The van der Waals surface area contributed by atoms with E-state index in [-0.39, 0.29) is 0 Å². The zero-order chi connectivity index (χ0) is 10.6. The zero-order valence-electron chi connectivity index (χ0n) is 10.0. The summed E-state index contributed by atoms with van der Waals surface area (Å²) in [4.78, 5) is 0. The van der Waals surface area contributed by atoms with Crippen LogP contribution in [0.15, 0.2) is 18.4 Å². The van der Waals surface area contributed by atoms with Gasteiger partial charge in [-0.2, -0.15) is 0 Å².